The molecule has 1 nitrogen and oxygen atoms in total. The maximum atomic E-state index is 6.06. The Balaban J connectivity index is 1.54. The predicted molar refractivity (Wildman–Crippen MR) is 65.2 cm³/mol. The Morgan fingerprint density at radius 1 is 0.938 bits per heavy atom. The van der Waals surface area contributed by atoms with Gasteiger partial charge in [0.2, 0.25) is 0 Å². The van der Waals surface area contributed by atoms with Gasteiger partial charge in [-0.05, 0) is 24.3 Å². The van der Waals surface area contributed by atoms with Gasteiger partial charge in [0, 0.05) is 6.42 Å². The van der Waals surface area contributed by atoms with Gasteiger partial charge in [-0.25, -0.2) is 0 Å². The molecule has 0 N–H and O–H groups in total. The fraction of sp³-hybridized carbons (Fsp3) is 0.600. The Bertz CT molecular complexity index is 321. The van der Waals surface area contributed by atoms with Gasteiger partial charge in [-0.3, -0.25) is 0 Å². The summed E-state index contributed by atoms with van der Waals surface area (Å²) in [6.07, 6.45) is 9.25. The third kappa shape index (κ3) is 2.01. The van der Waals surface area contributed by atoms with Crippen LogP contribution < -0.4 is 0 Å². The van der Waals surface area contributed by atoms with Crippen LogP contribution in [0, 0.1) is 5.92 Å². The smallest absolute Gasteiger partial charge is 0.0853 e. The minimum absolute atomic E-state index is 0.383. The molecule has 1 aliphatic carbocycles. The molecule has 0 unspecified atom stereocenters. The second kappa shape index (κ2) is 4.58. The van der Waals surface area contributed by atoms with Gasteiger partial charge in [-0.2, -0.15) is 0 Å². The van der Waals surface area contributed by atoms with Crippen molar-refractivity contribution in [1.82, 2.24) is 0 Å². The molecule has 0 bridgehead atoms. The lowest BCUT2D eigenvalue weighted by Gasteiger charge is -2.42. The van der Waals surface area contributed by atoms with Gasteiger partial charge in [-0.15, -0.1) is 0 Å². The van der Waals surface area contributed by atoms with Gasteiger partial charge in [0.25, 0.3) is 0 Å². The molecule has 1 saturated heterocycles. The molecule has 0 aromatic heterocycles. The first-order valence-electron chi connectivity index (χ1n) is 6.64. The zero-order valence-electron chi connectivity index (χ0n) is 9.77. The van der Waals surface area contributed by atoms with Crippen molar-refractivity contribution in [2.24, 2.45) is 5.92 Å². The molecule has 86 valence electrons. The first kappa shape index (κ1) is 10.3. The molecule has 1 heterocycles. The Morgan fingerprint density at radius 2 is 1.62 bits per heavy atom. The van der Waals surface area contributed by atoms with Gasteiger partial charge >= 0.3 is 0 Å². The van der Waals surface area contributed by atoms with E-state index in [-0.39, 0.29) is 0 Å². The molecule has 1 saturated carbocycles. The van der Waals surface area contributed by atoms with E-state index in [1.165, 1.54) is 44.1 Å². The van der Waals surface area contributed by atoms with Crippen LogP contribution in [0.2, 0.25) is 0 Å². The average molecular weight is 216 g/mol. The molecule has 2 aliphatic rings. The summed E-state index contributed by atoms with van der Waals surface area (Å²) in [5, 5.41) is 0. The SMILES string of the molecule is c1ccc([C@@H]2C[C@@H](C3CCCCC3)O2)cc1. The van der Waals surface area contributed by atoms with Crippen LogP contribution in [0.4, 0.5) is 0 Å². The molecule has 0 radical (unpaired) electrons. The number of hydrogen-bond donors (Lipinski definition) is 0. The van der Waals surface area contributed by atoms with Gasteiger partial charge in [0.15, 0.2) is 0 Å². The molecular weight excluding hydrogens is 196 g/mol. The van der Waals surface area contributed by atoms with Crippen molar-refractivity contribution in [2.45, 2.75) is 50.7 Å². The zero-order valence-corrected chi connectivity index (χ0v) is 9.77. The monoisotopic (exact) mass is 216 g/mol. The first-order chi connectivity index (χ1) is 7.93. The Labute approximate surface area is 97.8 Å². The first-order valence-corrected chi connectivity index (χ1v) is 6.64. The number of rotatable bonds is 2. The van der Waals surface area contributed by atoms with Crippen LogP contribution >= 0.6 is 0 Å². The standard InChI is InChI=1S/C15H20O/c1-3-7-12(8-4-1)14-11-15(16-14)13-9-5-2-6-10-13/h1,3-4,7-8,13-15H,2,5-6,9-11H2/t14-,15-/m0/s1. The third-order valence-corrected chi connectivity index (χ3v) is 4.13. The molecule has 2 atom stereocenters. The fourth-order valence-electron chi connectivity index (χ4n) is 3.10. The van der Waals surface area contributed by atoms with Crippen LogP contribution in [-0.4, -0.2) is 6.10 Å². The lowest BCUT2D eigenvalue weighted by atomic mass is 9.80. The molecule has 1 heteroatoms. The van der Waals surface area contributed by atoms with E-state index in [0.717, 1.165) is 5.92 Å². The van der Waals surface area contributed by atoms with Crippen LogP contribution in [0.3, 0.4) is 0 Å². The highest BCUT2D eigenvalue weighted by molar-refractivity contribution is 5.19. The van der Waals surface area contributed by atoms with E-state index < -0.39 is 0 Å². The molecule has 16 heavy (non-hydrogen) atoms. The molecular formula is C15H20O. The lowest BCUT2D eigenvalue weighted by Crippen LogP contribution is -2.38. The maximum absolute atomic E-state index is 6.06. The normalized spacial score (nSPS) is 31.0. The topological polar surface area (TPSA) is 9.23 Å². The van der Waals surface area contributed by atoms with Crippen LogP contribution in [0.5, 0.6) is 0 Å². The number of benzene rings is 1. The zero-order chi connectivity index (χ0) is 10.8. The number of ether oxygens (including phenoxy) is 1. The van der Waals surface area contributed by atoms with Crippen LogP contribution in [0.1, 0.15) is 50.2 Å². The maximum Gasteiger partial charge on any atom is 0.0853 e. The summed E-state index contributed by atoms with van der Waals surface area (Å²) < 4.78 is 6.06. The van der Waals surface area contributed by atoms with Gasteiger partial charge < -0.3 is 4.74 Å². The quantitative estimate of drug-likeness (QED) is 0.723. The molecule has 0 spiro atoms. The van der Waals surface area contributed by atoms with E-state index in [9.17, 15) is 0 Å². The van der Waals surface area contributed by atoms with Crippen molar-refractivity contribution in [3.05, 3.63) is 35.9 Å². The van der Waals surface area contributed by atoms with Crippen molar-refractivity contribution in [3.8, 4) is 0 Å². The third-order valence-electron chi connectivity index (χ3n) is 4.13. The van der Waals surface area contributed by atoms with Crippen LogP contribution in [0.15, 0.2) is 30.3 Å². The van der Waals surface area contributed by atoms with Crippen molar-refractivity contribution >= 4 is 0 Å². The Kier molecular flexibility index (Phi) is 2.96. The van der Waals surface area contributed by atoms with Crippen LogP contribution in [0.25, 0.3) is 0 Å². The van der Waals surface area contributed by atoms with Crippen molar-refractivity contribution in [3.63, 3.8) is 0 Å². The summed E-state index contributed by atoms with van der Waals surface area (Å²) in [5.74, 6) is 0.855. The summed E-state index contributed by atoms with van der Waals surface area (Å²) in [7, 11) is 0. The summed E-state index contributed by atoms with van der Waals surface area (Å²) in [6, 6.07) is 10.6. The van der Waals surface area contributed by atoms with Gasteiger partial charge in [0.05, 0.1) is 12.2 Å². The molecule has 1 aliphatic heterocycles. The second-order valence-electron chi connectivity index (χ2n) is 5.21. The molecule has 0 amide bonds. The fourth-order valence-corrected chi connectivity index (χ4v) is 3.10. The average Bonchev–Trinajstić information content (AvgIpc) is 2.30. The minimum Gasteiger partial charge on any atom is -0.370 e. The van der Waals surface area contributed by atoms with E-state index in [0.29, 0.717) is 12.2 Å². The largest absolute Gasteiger partial charge is 0.370 e. The van der Waals surface area contributed by atoms with Crippen molar-refractivity contribution < 1.29 is 4.74 Å². The van der Waals surface area contributed by atoms with E-state index in [1.807, 2.05) is 0 Å². The van der Waals surface area contributed by atoms with Gasteiger partial charge in [-0.1, -0.05) is 49.6 Å². The van der Waals surface area contributed by atoms with Gasteiger partial charge in [0.1, 0.15) is 0 Å². The molecule has 1 aromatic carbocycles. The highest BCUT2D eigenvalue weighted by Crippen LogP contribution is 2.42. The Hall–Kier alpha value is -0.820. The molecule has 1 aromatic rings. The summed E-state index contributed by atoms with van der Waals surface area (Å²) in [4.78, 5) is 0. The summed E-state index contributed by atoms with van der Waals surface area (Å²) in [6.45, 7) is 0. The second-order valence-corrected chi connectivity index (χ2v) is 5.21. The predicted octanol–water partition coefficient (Wildman–Crippen LogP) is 4.10. The molecule has 2 fully saturated rings. The van der Waals surface area contributed by atoms with Crippen LogP contribution in [-0.2, 0) is 4.74 Å². The van der Waals surface area contributed by atoms with E-state index in [2.05, 4.69) is 30.3 Å². The van der Waals surface area contributed by atoms with E-state index >= 15 is 0 Å². The highest BCUT2D eigenvalue weighted by atomic mass is 16.5. The van der Waals surface area contributed by atoms with E-state index in [1.54, 1.807) is 0 Å². The minimum atomic E-state index is 0.383. The lowest BCUT2D eigenvalue weighted by molar-refractivity contribution is -0.158. The summed E-state index contributed by atoms with van der Waals surface area (Å²) >= 11 is 0. The Morgan fingerprint density at radius 3 is 2.31 bits per heavy atom. The van der Waals surface area contributed by atoms with Crippen molar-refractivity contribution in [2.75, 3.05) is 0 Å². The summed E-state index contributed by atoms with van der Waals surface area (Å²) in [5.41, 5.74) is 1.36. The van der Waals surface area contributed by atoms with Crippen molar-refractivity contribution in [1.29, 1.82) is 0 Å². The highest BCUT2D eigenvalue weighted by Gasteiger charge is 2.36. The number of hydrogen-bond acceptors (Lipinski definition) is 1. The molecule has 3 rings (SSSR count). The van der Waals surface area contributed by atoms with E-state index in [4.69, 9.17) is 4.74 Å².